The Labute approximate surface area is 191 Å². The Morgan fingerprint density at radius 1 is 1.06 bits per heavy atom. The monoisotopic (exact) mass is 433 g/mol. The minimum Gasteiger partial charge on any atom is -0.481 e. The van der Waals surface area contributed by atoms with Crippen LogP contribution in [0, 0.1) is 5.92 Å². The van der Waals surface area contributed by atoms with Crippen molar-refractivity contribution in [3.05, 3.63) is 59.6 Å². The average molecular weight is 434 g/mol. The van der Waals surface area contributed by atoms with Gasteiger partial charge in [-0.2, -0.15) is 0 Å². The van der Waals surface area contributed by atoms with Gasteiger partial charge >= 0.3 is 0 Å². The highest BCUT2D eigenvalue weighted by Crippen LogP contribution is 2.02. The Balaban J connectivity index is 0. The Morgan fingerprint density at radius 3 is 2.06 bits per heavy atom. The number of methoxy groups -OCH3 is 1. The Bertz CT molecular complexity index is 594. The van der Waals surface area contributed by atoms with Crippen molar-refractivity contribution in [3.63, 3.8) is 0 Å². The minimum absolute atomic E-state index is 0.110. The van der Waals surface area contributed by atoms with E-state index >= 15 is 0 Å². The van der Waals surface area contributed by atoms with E-state index in [1.807, 2.05) is 77.2 Å². The second-order valence-corrected chi connectivity index (χ2v) is 7.09. The maximum atomic E-state index is 11.4. The topological polar surface area (TPSA) is 62.4 Å². The summed E-state index contributed by atoms with van der Waals surface area (Å²) in [6.45, 7) is 15.1. The van der Waals surface area contributed by atoms with Crippen LogP contribution in [0.2, 0.25) is 0 Å². The zero-order valence-electron chi connectivity index (χ0n) is 21.2. The molecule has 1 aromatic rings. The molecule has 1 aromatic carbocycles. The average Bonchev–Trinajstić information content (AvgIpc) is 2.83. The lowest BCUT2D eigenvalue weighted by molar-refractivity contribution is -0.124. The lowest BCUT2D eigenvalue weighted by atomic mass is 10.1. The van der Waals surface area contributed by atoms with E-state index in [9.17, 15) is 4.79 Å². The SMILES string of the molecule is CC.CCC(C)C(=O)NCc1ccccc1.CCCCCC.COC1=CC(C)=CNN1. The summed E-state index contributed by atoms with van der Waals surface area (Å²) in [7, 11) is 1.62. The van der Waals surface area contributed by atoms with Gasteiger partial charge in [-0.15, -0.1) is 0 Å². The fourth-order valence-electron chi connectivity index (χ4n) is 2.26. The molecule has 1 atom stereocenters. The van der Waals surface area contributed by atoms with Crippen molar-refractivity contribution >= 4 is 5.91 Å². The van der Waals surface area contributed by atoms with Crippen LogP contribution in [0.25, 0.3) is 0 Å². The normalized spacial score (nSPS) is 12.3. The van der Waals surface area contributed by atoms with E-state index in [1.54, 1.807) is 7.11 Å². The number of hydrogen-bond donors (Lipinski definition) is 3. The third-order valence-electron chi connectivity index (χ3n) is 4.40. The Kier molecular flexibility index (Phi) is 22.1. The summed E-state index contributed by atoms with van der Waals surface area (Å²) in [5, 5.41) is 2.91. The van der Waals surface area contributed by atoms with Crippen LogP contribution in [-0.2, 0) is 16.1 Å². The van der Waals surface area contributed by atoms with Crippen LogP contribution < -0.4 is 16.2 Å². The molecule has 2 rings (SSSR count). The maximum Gasteiger partial charge on any atom is 0.223 e. The third kappa shape index (κ3) is 18.1. The van der Waals surface area contributed by atoms with Crippen LogP contribution in [-0.4, -0.2) is 13.0 Å². The van der Waals surface area contributed by atoms with Crippen molar-refractivity contribution in [1.82, 2.24) is 16.2 Å². The predicted molar refractivity (Wildman–Crippen MR) is 134 cm³/mol. The van der Waals surface area contributed by atoms with Gasteiger partial charge in [-0.25, -0.2) is 0 Å². The lowest BCUT2D eigenvalue weighted by Gasteiger charge is -2.13. The van der Waals surface area contributed by atoms with Gasteiger partial charge in [0.1, 0.15) is 0 Å². The second-order valence-electron chi connectivity index (χ2n) is 7.09. The fourth-order valence-corrected chi connectivity index (χ4v) is 2.26. The molecule has 1 aliphatic rings. The van der Waals surface area contributed by atoms with Crippen molar-refractivity contribution < 1.29 is 9.53 Å². The highest BCUT2D eigenvalue weighted by atomic mass is 16.5. The summed E-state index contributed by atoms with van der Waals surface area (Å²) in [6, 6.07) is 9.95. The molecule has 0 saturated heterocycles. The number of carbonyl (C=O) groups excluding carboxylic acids is 1. The molecular formula is C26H47N3O2. The molecule has 0 aliphatic carbocycles. The number of rotatable bonds is 8. The Hall–Kier alpha value is -2.43. The fraction of sp³-hybridized carbons (Fsp3) is 0.577. The molecule has 0 aromatic heterocycles. The maximum absolute atomic E-state index is 11.4. The summed E-state index contributed by atoms with van der Waals surface area (Å²) >= 11 is 0. The van der Waals surface area contributed by atoms with E-state index < -0.39 is 0 Å². The first-order chi connectivity index (χ1) is 15.0. The number of ether oxygens (including phenoxy) is 1. The van der Waals surface area contributed by atoms with Crippen LogP contribution in [0.5, 0.6) is 0 Å². The van der Waals surface area contributed by atoms with E-state index in [-0.39, 0.29) is 11.8 Å². The molecule has 1 aliphatic heterocycles. The van der Waals surface area contributed by atoms with Crippen molar-refractivity contribution in [2.75, 3.05) is 7.11 Å². The van der Waals surface area contributed by atoms with E-state index in [2.05, 4.69) is 30.0 Å². The number of allylic oxidation sites excluding steroid dienone is 2. The molecule has 0 saturated carbocycles. The largest absolute Gasteiger partial charge is 0.481 e. The van der Waals surface area contributed by atoms with Gasteiger partial charge in [0.05, 0.1) is 7.11 Å². The Morgan fingerprint density at radius 2 is 1.65 bits per heavy atom. The zero-order valence-corrected chi connectivity index (χ0v) is 21.2. The highest BCUT2D eigenvalue weighted by molar-refractivity contribution is 5.78. The van der Waals surface area contributed by atoms with Crippen molar-refractivity contribution in [2.45, 2.75) is 87.1 Å². The van der Waals surface area contributed by atoms with Gasteiger partial charge in [0.25, 0.3) is 0 Å². The van der Waals surface area contributed by atoms with Crippen LogP contribution >= 0.6 is 0 Å². The summed E-state index contributed by atoms with van der Waals surface area (Å²) in [4.78, 5) is 11.4. The molecule has 0 fully saturated rings. The van der Waals surface area contributed by atoms with Gasteiger partial charge in [0.2, 0.25) is 11.8 Å². The third-order valence-corrected chi connectivity index (χ3v) is 4.40. The standard InChI is InChI=1S/C12H17NO.C6H10N2O.C6H14.C2H6/c1-3-10(2)12(14)13-9-11-7-5-4-6-8-11;1-5-3-6(9-2)8-7-4-5;1-3-5-6-4-2;1-2/h4-8,10H,3,9H2,1-2H3,(H,13,14);3-4,7-8H,1-2H3;3-6H2,1-2H3;1-2H3. The van der Waals surface area contributed by atoms with E-state index in [0.29, 0.717) is 6.54 Å². The second kappa shape index (κ2) is 22.3. The molecule has 3 N–H and O–H groups in total. The number of hydrogen-bond acceptors (Lipinski definition) is 4. The smallest absolute Gasteiger partial charge is 0.223 e. The number of nitrogens with one attached hydrogen (secondary N) is 3. The zero-order chi connectivity index (χ0) is 23.9. The molecule has 178 valence electrons. The lowest BCUT2D eigenvalue weighted by Crippen LogP contribution is -2.29. The first kappa shape index (κ1) is 30.8. The summed E-state index contributed by atoms with van der Waals surface area (Å²) < 4.78 is 4.91. The van der Waals surface area contributed by atoms with Crippen LogP contribution in [0.4, 0.5) is 0 Å². The van der Waals surface area contributed by atoms with Gasteiger partial charge in [0, 0.05) is 24.7 Å². The molecule has 0 bridgehead atoms. The predicted octanol–water partition coefficient (Wildman–Crippen LogP) is 6.45. The van der Waals surface area contributed by atoms with Crippen molar-refractivity contribution in [2.24, 2.45) is 5.92 Å². The summed E-state index contributed by atoms with van der Waals surface area (Å²) in [5.74, 6) is 0.991. The molecule has 1 heterocycles. The van der Waals surface area contributed by atoms with Crippen molar-refractivity contribution in [3.8, 4) is 0 Å². The first-order valence-electron chi connectivity index (χ1n) is 11.7. The van der Waals surface area contributed by atoms with Gasteiger partial charge in [-0.1, -0.05) is 97.6 Å². The first-order valence-corrected chi connectivity index (χ1v) is 11.7. The number of benzene rings is 1. The molecule has 31 heavy (non-hydrogen) atoms. The quantitative estimate of drug-likeness (QED) is 0.412. The molecule has 1 amide bonds. The summed E-state index contributed by atoms with van der Waals surface area (Å²) in [5.41, 5.74) is 7.93. The molecule has 5 nitrogen and oxygen atoms in total. The van der Waals surface area contributed by atoms with E-state index in [1.165, 1.54) is 25.7 Å². The minimum atomic E-state index is 0.110. The van der Waals surface area contributed by atoms with Crippen molar-refractivity contribution in [1.29, 1.82) is 0 Å². The van der Waals surface area contributed by atoms with E-state index in [4.69, 9.17) is 4.74 Å². The van der Waals surface area contributed by atoms with Gasteiger partial charge in [0.15, 0.2) is 0 Å². The van der Waals surface area contributed by atoms with Crippen LogP contribution in [0.15, 0.2) is 54.1 Å². The van der Waals surface area contributed by atoms with E-state index in [0.717, 1.165) is 23.4 Å². The highest BCUT2D eigenvalue weighted by Gasteiger charge is 2.08. The van der Waals surface area contributed by atoms with Crippen LogP contribution in [0.1, 0.15) is 86.1 Å². The molecule has 1 unspecified atom stereocenters. The van der Waals surface area contributed by atoms with Gasteiger partial charge in [-0.05, 0) is 24.5 Å². The number of hydrazine groups is 1. The van der Waals surface area contributed by atoms with Gasteiger partial charge in [-0.3, -0.25) is 10.2 Å². The molecule has 0 spiro atoms. The van der Waals surface area contributed by atoms with Crippen LogP contribution in [0.3, 0.4) is 0 Å². The number of amides is 1. The number of unbranched alkanes of at least 4 members (excludes halogenated alkanes) is 3. The van der Waals surface area contributed by atoms with Gasteiger partial charge < -0.3 is 15.5 Å². The molecular weight excluding hydrogens is 386 g/mol. The summed E-state index contributed by atoms with van der Waals surface area (Å²) in [6.07, 6.45) is 10.2. The molecule has 5 heteroatoms. The number of carbonyl (C=O) groups is 1. The molecule has 0 radical (unpaired) electrons.